The van der Waals surface area contributed by atoms with Gasteiger partial charge in [-0.1, -0.05) is 17.7 Å². The molecule has 0 spiro atoms. The molecule has 0 bridgehead atoms. The minimum Gasteiger partial charge on any atom is -0.279 e. The van der Waals surface area contributed by atoms with Gasteiger partial charge in [-0.3, -0.25) is 24.2 Å². The predicted molar refractivity (Wildman–Crippen MR) is 110 cm³/mol. The Morgan fingerprint density at radius 2 is 1.93 bits per heavy atom. The van der Waals surface area contributed by atoms with E-state index in [0.717, 1.165) is 21.8 Å². The van der Waals surface area contributed by atoms with Gasteiger partial charge in [0.1, 0.15) is 9.90 Å². The molecule has 2 aromatic heterocycles. The molecule has 1 aromatic carbocycles. The van der Waals surface area contributed by atoms with Crippen LogP contribution in [0.2, 0.25) is 5.02 Å². The van der Waals surface area contributed by atoms with Crippen LogP contribution in [0.5, 0.6) is 0 Å². The second kappa shape index (κ2) is 7.25. The number of rotatable bonds is 5. The lowest BCUT2D eigenvalue weighted by atomic mass is 10.2. The average Bonchev–Trinajstić information content (AvgIpc) is 3.25. The van der Waals surface area contributed by atoms with Gasteiger partial charge in [0.25, 0.3) is 21.8 Å². The van der Waals surface area contributed by atoms with Crippen molar-refractivity contribution >= 4 is 50.5 Å². The molecule has 3 heterocycles. The van der Waals surface area contributed by atoms with E-state index in [1.165, 1.54) is 18.3 Å². The summed E-state index contributed by atoms with van der Waals surface area (Å²) in [5, 5.41) is 0.455. The highest BCUT2D eigenvalue weighted by atomic mass is 35.5. The molecule has 0 radical (unpaired) electrons. The molecule has 4 rings (SSSR count). The number of benzene rings is 1. The Balaban J connectivity index is 1.53. The van der Waals surface area contributed by atoms with Crippen molar-refractivity contribution in [2.24, 2.45) is 0 Å². The largest absolute Gasteiger partial charge is 0.280 e. The first-order valence-corrected chi connectivity index (χ1v) is 11.1. The first-order valence-electron chi connectivity index (χ1n) is 8.45. The number of pyridine rings is 1. The fourth-order valence-corrected chi connectivity index (χ4v) is 5.44. The van der Waals surface area contributed by atoms with Gasteiger partial charge in [0, 0.05) is 16.1 Å². The number of halogens is 1. The number of carbonyl (C=O) groups is 2. The van der Waals surface area contributed by atoms with Crippen molar-refractivity contribution in [2.45, 2.75) is 17.7 Å². The van der Waals surface area contributed by atoms with Gasteiger partial charge in [0.05, 0.1) is 17.8 Å². The van der Waals surface area contributed by atoms with Crippen molar-refractivity contribution in [1.82, 2.24) is 9.88 Å². The molecule has 0 saturated heterocycles. The third-order valence-electron chi connectivity index (χ3n) is 4.37. The van der Waals surface area contributed by atoms with Gasteiger partial charge in [0.2, 0.25) is 0 Å². The number of sulfonamides is 1. The Hall–Kier alpha value is -2.75. The van der Waals surface area contributed by atoms with Crippen molar-refractivity contribution in [1.29, 1.82) is 0 Å². The smallest absolute Gasteiger partial charge is 0.279 e. The van der Waals surface area contributed by atoms with Gasteiger partial charge in [-0.05, 0) is 48.9 Å². The first kappa shape index (κ1) is 19.6. The molecule has 7 nitrogen and oxygen atoms in total. The zero-order valence-corrected chi connectivity index (χ0v) is 17.4. The number of hydrogen-bond acceptors (Lipinski definition) is 6. The molecule has 0 atom stereocenters. The molecule has 29 heavy (non-hydrogen) atoms. The minimum absolute atomic E-state index is 0.0232. The van der Waals surface area contributed by atoms with E-state index in [1.54, 1.807) is 30.3 Å². The zero-order chi connectivity index (χ0) is 20.8. The second-order valence-corrected chi connectivity index (χ2v) is 9.87. The van der Waals surface area contributed by atoms with E-state index >= 15 is 0 Å². The third-order valence-corrected chi connectivity index (χ3v) is 7.72. The normalized spacial score (nSPS) is 13.7. The predicted octanol–water partition coefficient (Wildman–Crippen LogP) is 3.70. The van der Waals surface area contributed by atoms with Crippen LogP contribution in [0.1, 0.15) is 31.3 Å². The number of thiophene rings is 1. The Labute approximate surface area is 176 Å². The van der Waals surface area contributed by atoms with Crippen LogP contribution < -0.4 is 4.72 Å². The summed E-state index contributed by atoms with van der Waals surface area (Å²) >= 11 is 7.03. The maximum absolute atomic E-state index is 12.7. The van der Waals surface area contributed by atoms with Gasteiger partial charge in [-0.2, -0.15) is 0 Å². The quantitative estimate of drug-likeness (QED) is 0.601. The maximum atomic E-state index is 12.7. The molecule has 148 valence electrons. The van der Waals surface area contributed by atoms with Crippen molar-refractivity contribution in [3.8, 4) is 0 Å². The maximum Gasteiger partial charge on any atom is 0.280 e. The number of amides is 2. The van der Waals surface area contributed by atoms with Gasteiger partial charge >= 0.3 is 0 Å². The Bertz CT molecular complexity index is 1220. The van der Waals surface area contributed by atoms with Gasteiger partial charge in [-0.15, -0.1) is 11.3 Å². The van der Waals surface area contributed by atoms with Crippen LogP contribution in [0, 0.1) is 6.92 Å². The van der Waals surface area contributed by atoms with Crippen LogP contribution in [0.3, 0.4) is 0 Å². The summed E-state index contributed by atoms with van der Waals surface area (Å²) < 4.78 is 27.9. The van der Waals surface area contributed by atoms with Crippen molar-refractivity contribution in [3.63, 3.8) is 0 Å². The second-order valence-electron chi connectivity index (χ2n) is 6.39. The standard InChI is InChI=1S/C19H14ClN3O4S2/c1-11-4-5-12(9-15(11)20)22-29(26,27)16-7-6-13(28-16)10-23-18(24)14-3-2-8-21-17(14)19(23)25/h2-9,22H,10H2,1H3. The third kappa shape index (κ3) is 3.64. The van der Waals surface area contributed by atoms with Gasteiger partial charge in [-0.25, -0.2) is 8.42 Å². The van der Waals surface area contributed by atoms with Crippen molar-refractivity contribution in [3.05, 3.63) is 75.4 Å². The van der Waals surface area contributed by atoms with E-state index in [-0.39, 0.29) is 22.0 Å². The highest BCUT2D eigenvalue weighted by Crippen LogP contribution is 2.29. The summed E-state index contributed by atoms with van der Waals surface area (Å²) in [6, 6.07) is 11.0. The average molecular weight is 448 g/mol. The summed E-state index contributed by atoms with van der Waals surface area (Å²) in [7, 11) is -3.83. The number of nitrogens with one attached hydrogen (secondary N) is 1. The fourth-order valence-electron chi connectivity index (χ4n) is 2.86. The van der Waals surface area contributed by atoms with Crippen LogP contribution in [-0.4, -0.2) is 30.1 Å². The molecule has 3 aromatic rings. The molecule has 10 heteroatoms. The van der Waals surface area contributed by atoms with E-state index in [0.29, 0.717) is 15.6 Å². The molecule has 1 aliphatic heterocycles. The number of aryl methyl sites for hydroxylation is 1. The van der Waals surface area contributed by atoms with Crippen LogP contribution in [0.4, 0.5) is 5.69 Å². The summed E-state index contributed by atoms with van der Waals surface area (Å²) in [6.07, 6.45) is 1.45. The van der Waals surface area contributed by atoms with E-state index in [4.69, 9.17) is 11.6 Å². The van der Waals surface area contributed by atoms with Crippen molar-refractivity contribution in [2.75, 3.05) is 4.72 Å². The molecule has 1 aliphatic rings. The summed E-state index contributed by atoms with van der Waals surface area (Å²) in [5.74, 6) is -0.931. The number of aromatic nitrogens is 1. The number of fused-ring (bicyclic) bond motifs is 1. The Kier molecular flexibility index (Phi) is 4.89. The van der Waals surface area contributed by atoms with Gasteiger partial charge < -0.3 is 0 Å². The molecular formula is C19H14ClN3O4S2. The molecule has 0 saturated carbocycles. The first-order chi connectivity index (χ1) is 13.8. The lowest BCUT2D eigenvalue weighted by Gasteiger charge is -2.11. The van der Waals surface area contributed by atoms with Crippen LogP contribution in [0.15, 0.2) is 52.9 Å². The number of imide groups is 1. The Morgan fingerprint density at radius 1 is 1.14 bits per heavy atom. The number of nitrogens with zero attached hydrogens (tertiary/aromatic N) is 2. The summed E-state index contributed by atoms with van der Waals surface area (Å²) in [6.45, 7) is 1.80. The highest BCUT2D eigenvalue weighted by Gasteiger charge is 2.36. The lowest BCUT2D eigenvalue weighted by Crippen LogP contribution is -2.28. The molecular weight excluding hydrogens is 434 g/mol. The van der Waals surface area contributed by atoms with E-state index in [9.17, 15) is 18.0 Å². The number of hydrogen-bond donors (Lipinski definition) is 1. The van der Waals surface area contributed by atoms with Crippen molar-refractivity contribution < 1.29 is 18.0 Å². The van der Waals surface area contributed by atoms with Crippen LogP contribution in [-0.2, 0) is 16.6 Å². The Morgan fingerprint density at radius 3 is 2.66 bits per heavy atom. The number of carbonyl (C=O) groups excluding carboxylic acids is 2. The summed E-state index contributed by atoms with van der Waals surface area (Å²) in [5.41, 5.74) is 1.55. The highest BCUT2D eigenvalue weighted by molar-refractivity contribution is 7.94. The van der Waals surface area contributed by atoms with Crippen LogP contribution >= 0.6 is 22.9 Å². The zero-order valence-electron chi connectivity index (χ0n) is 15.0. The lowest BCUT2D eigenvalue weighted by molar-refractivity contribution is 0.0642. The minimum atomic E-state index is -3.83. The monoisotopic (exact) mass is 447 g/mol. The van der Waals surface area contributed by atoms with Gasteiger partial charge in [0.15, 0.2) is 0 Å². The van der Waals surface area contributed by atoms with E-state index < -0.39 is 21.8 Å². The number of anilines is 1. The van der Waals surface area contributed by atoms with E-state index in [2.05, 4.69) is 9.71 Å². The topological polar surface area (TPSA) is 96.4 Å². The molecule has 2 amide bonds. The summed E-state index contributed by atoms with van der Waals surface area (Å²) in [4.78, 5) is 30.4. The van der Waals surface area contributed by atoms with Crippen LogP contribution in [0.25, 0.3) is 0 Å². The van der Waals surface area contributed by atoms with E-state index in [1.807, 2.05) is 6.92 Å². The molecule has 0 fully saturated rings. The SMILES string of the molecule is Cc1ccc(NS(=O)(=O)c2ccc(CN3C(=O)c4cccnc4C3=O)s2)cc1Cl. The molecule has 0 aliphatic carbocycles. The fraction of sp³-hybridized carbons (Fsp3) is 0.105. The molecule has 1 N–H and O–H groups in total. The molecule has 0 unspecified atom stereocenters.